The predicted octanol–water partition coefficient (Wildman–Crippen LogP) is 9.02. The number of carbonyl (C=O) groups is 3. The summed E-state index contributed by atoms with van der Waals surface area (Å²) in [6, 6.07) is 20.9. The maximum Gasteiger partial charge on any atom is 0.294 e. The molecule has 4 aliphatic heterocycles. The molecule has 5 aromatic rings. The molecule has 1 aromatic heterocycles. The van der Waals surface area contributed by atoms with Gasteiger partial charge in [-0.05, 0) is 173 Å². The number of carbonyl (C=O) groups excluding carboxylic acids is 3. The largest absolute Gasteiger partial charge is 0.748 e. The number of piperazine rings is 1. The number of unbranched alkanes of at least 4 members (excludes halogenated alkanes) is 3. The molecule has 0 bridgehead atoms. The Labute approximate surface area is 586 Å². The summed E-state index contributed by atoms with van der Waals surface area (Å²) in [4.78, 5) is 49.9. The van der Waals surface area contributed by atoms with E-state index in [1.807, 2.05) is 61.8 Å². The molecule has 0 spiro atoms. The van der Waals surface area contributed by atoms with E-state index in [4.69, 9.17) is 9.47 Å². The molecule has 4 aromatic carbocycles. The molecular formula is C70H80F2N8O17S4. The van der Waals surface area contributed by atoms with Crippen LogP contribution in [0, 0.1) is 11.3 Å². The number of nitrogens with one attached hydrogen (secondary N) is 1. The first kappa shape index (κ1) is 75.3. The number of anilines is 1. The van der Waals surface area contributed by atoms with E-state index >= 15 is 0 Å². The van der Waals surface area contributed by atoms with Crippen LogP contribution in [0.4, 0.5) is 20.2 Å². The molecule has 31 heteroatoms. The zero-order valence-corrected chi connectivity index (χ0v) is 59.4. The molecule has 3 amide bonds. The molecule has 540 valence electrons. The van der Waals surface area contributed by atoms with Gasteiger partial charge < -0.3 is 34.0 Å². The lowest BCUT2D eigenvalue weighted by Gasteiger charge is -2.34. The van der Waals surface area contributed by atoms with Crippen LogP contribution in [0.1, 0.15) is 120 Å². The van der Waals surface area contributed by atoms with Gasteiger partial charge in [0.25, 0.3) is 42.2 Å². The number of allylic oxidation sites excluding steroid dienone is 7. The van der Waals surface area contributed by atoms with E-state index < -0.39 is 100 Å². The molecule has 2 saturated heterocycles. The average molecular weight is 1470 g/mol. The van der Waals surface area contributed by atoms with Gasteiger partial charge in [-0.2, -0.15) is 35.1 Å². The summed E-state index contributed by atoms with van der Waals surface area (Å²) in [7, 11) is -18.3. The minimum Gasteiger partial charge on any atom is -0.748 e. The number of halogens is 2. The number of likely N-dealkylation sites (tertiary alicyclic amines) is 1. The first-order valence-electron chi connectivity index (χ1n) is 33.1. The number of nitrogens with zero attached hydrogens (tertiary/aromatic N) is 7. The summed E-state index contributed by atoms with van der Waals surface area (Å²) in [5.41, 5.74) is 4.35. The van der Waals surface area contributed by atoms with Crippen LogP contribution >= 0.6 is 0 Å². The van der Waals surface area contributed by atoms with Gasteiger partial charge in [0.05, 0.1) is 67.1 Å². The number of hydrogen-bond donors (Lipinski definition) is 4. The van der Waals surface area contributed by atoms with Gasteiger partial charge in [-0.15, -0.1) is 0 Å². The number of aromatic nitrogens is 1. The molecule has 0 unspecified atom stereocenters. The number of rotatable bonds is 27. The molecule has 1 aliphatic carbocycles. The monoisotopic (exact) mass is 1470 g/mol. The average Bonchev–Trinajstić information content (AvgIpc) is 1.59. The minimum absolute atomic E-state index is 0.0380. The molecule has 0 saturated carbocycles. The van der Waals surface area contributed by atoms with Gasteiger partial charge in [-0.1, -0.05) is 19.9 Å². The molecule has 5 aliphatic rings. The fourth-order valence-electron chi connectivity index (χ4n) is 13.7. The molecule has 101 heavy (non-hydrogen) atoms. The van der Waals surface area contributed by atoms with Crippen molar-refractivity contribution in [3.63, 3.8) is 0 Å². The van der Waals surface area contributed by atoms with Crippen LogP contribution in [0.5, 0.6) is 11.5 Å². The Bertz CT molecular complexity index is 4750. The van der Waals surface area contributed by atoms with Crippen molar-refractivity contribution in [2.24, 2.45) is 0 Å². The summed E-state index contributed by atoms with van der Waals surface area (Å²) in [5, 5.41) is 12.2. The second-order valence-electron chi connectivity index (χ2n) is 26.7. The number of nitriles is 1. The van der Waals surface area contributed by atoms with Crippen molar-refractivity contribution in [3.8, 4) is 17.6 Å². The minimum atomic E-state index is -4.61. The van der Waals surface area contributed by atoms with Gasteiger partial charge in [0.2, 0.25) is 17.5 Å². The highest BCUT2D eigenvalue weighted by molar-refractivity contribution is 7.86. The van der Waals surface area contributed by atoms with Crippen molar-refractivity contribution in [1.29, 1.82) is 5.26 Å². The first-order valence-corrected chi connectivity index (χ1v) is 39.0. The standard InChI is InChI=1S/C70H80F2N8O17S4/c1-68(2)57-41-53(100(90,91)92)22-25-60(57)78(32-7-5-6-14-64(81)77-36-34-76(35-37-77)31-11-38-96-51-19-24-59-56(40-51)55(29-30-74-59)67(83)75-45-65(82)80-46-70(71,72)43-49(80)44-73)62(68)27-15-47-12-10-13-48(66(47)97-50-17-20-52(21-18-50)99(87,88)89)16-28-63-69(3,4)58-42-54(101(93,94)95)23-26-61(58)79(63)33-8-9-39-98(84,85)86/h15-30,40-42,49H,5-14,31-39,43,45-46H2,1-4H3,(H4-,75,83,84,85,86,87,88,89,90,91,92,93,94,95)/t49-/m0/s1. The van der Waals surface area contributed by atoms with E-state index in [9.17, 15) is 80.3 Å². The van der Waals surface area contributed by atoms with Crippen molar-refractivity contribution in [2.75, 3.05) is 76.2 Å². The van der Waals surface area contributed by atoms with Gasteiger partial charge in [-0.25, -0.2) is 17.2 Å². The zero-order chi connectivity index (χ0) is 73.0. The van der Waals surface area contributed by atoms with Crippen LogP contribution in [0.2, 0.25) is 0 Å². The van der Waals surface area contributed by atoms with E-state index in [2.05, 4.69) is 19.8 Å². The second kappa shape index (κ2) is 30.3. The van der Waals surface area contributed by atoms with Gasteiger partial charge in [0, 0.05) is 110 Å². The second-order valence-corrected chi connectivity index (χ2v) is 32.5. The van der Waals surface area contributed by atoms with Gasteiger partial charge >= 0.3 is 0 Å². The quantitative estimate of drug-likeness (QED) is 0.0216. The first-order chi connectivity index (χ1) is 47.5. The highest BCUT2D eigenvalue weighted by Crippen LogP contribution is 2.49. The SMILES string of the molecule is CC1(C)C(/C=C/C2=C(Oc3ccc(S(=O)(=O)O)cc3)C(=C/C=C3\N(CCCCS(=O)(=O)[O-])c4ccc(S(=O)(=O)O)cc4C3(C)C)/CCC2)=[N+](CCCCCC(=O)N2CCN(CCCOc3ccc4nccc(C(=O)NCC(=O)N5CC(F)(F)C[C@H]5C#N)c4c3)CC2)c2ccc(S(=O)(=O)O)cc21. The third-order valence-corrected chi connectivity index (χ3v) is 22.4. The van der Waals surface area contributed by atoms with E-state index in [-0.39, 0.29) is 51.3 Å². The normalized spacial score (nSPS) is 19.3. The Morgan fingerprint density at radius 2 is 1.42 bits per heavy atom. The van der Waals surface area contributed by atoms with E-state index in [0.29, 0.717) is 148 Å². The van der Waals surface area contributed by atoms with Gasteiger partial charge in [0.15, 0.2) is 5.71 Å². The van der Waals surface area contributed by atoms with E-state index in [0.717, 1.165) is 21.9 Å². The Morgan fingerprint density at radius 1 is 0.743 bits per heavy atom. The molecule has 0 radical (unpaired) electrons. The Hall–Kier alpha value is -8.32. The maximum absolute atomic E-state index is 14.0. The molecule has 2 fully saturated rings. The van der Waals surface area contributed by atoms with Crippen LogP contribution in [-0.4, -0.2) is 183 Å². The lowest BCUT2D eigenvalue weighted by Crippen LogP contribution is -2.48. The number of amides is 3. The van der Waals surface area contributed by atoms with Crippen LogP contribution in [-0.2, 0) is 60.9 Å². The van der Waals surface area contributed by atoms with Gasteiger partial charge in [0.1, 0.15) is 29.8 Å². The van der Waals surface area contributed by atoms with Crippen molar-refractivity contribution < 1.29 is 89.1 Å². The zero-order valence-electron chi connectivity index (χ0n) is 56.2. The number of fused-ring (bicyclic) bond motifs is 3. The third-order valence-electron chi connectivity index (χ3n) is 19.0. The van der Waals surface area contributed by atoms with E-state index in [1.165, 1.54) is 60.8 Å². The lowest BCUT2D eigenvalue weighted by atomic mass is 9.81. The smallest absolute Gasteiger partial charge is 0.294 e. The number of pyridine rings is 1. The highest BCUT2D eigenvalue weighted by Gasteiger charge is 2.48. The maximum atomic E-state index is 14.0. The summed E-state index contributed by atoms with van der Waals surface area (Å²) in [6.45, 7) is 10.3. The van der Waals surface area contributed by atoms with E-state index in [1.54, 1.807) is 36.4 Å². The Balaban J connectivity index is 0.802. The third kappa shape index (κ3) is 17.9. The van der Waals surface area contributed by atoms with Gasteiger partial charge in [-0.3, -0.25) is 37.9 Å². The highest BCUT2D eigenvalue weighted by atomic mass is 32.2. The van der Waals surface area contributed by atoms with Crippen LogP contribution < -0.4 is 19.7 Å². The van der Waals surface area contributed by atoms with Crippen molar-refractivity contribution in [2.45, 2.75) is 136 Å². The summed E-state index contributed by atoms with van der Waals surface area (Å²) < 4.78 is 182. The van der Waals surface area contributed by atoms with Crippen LogP contribution in [0.25, 0.3) is 10.9 Å². The summed E-state index contributed by atoms with van der Waals surface area (Å²) in [5.74, 6) is -4.04. The summed E-state index contributed by atoms with van der Waals surface area (Å²) in [6.07, 6.45) is 13.1. The van der Waals surface area contributed by atoms with Crippen LogP contribution in [0.15, 0.2) is 153 Å². The fraction of sp³-hybridized carbons (Fsp3) is 0.429. The Kier molecular flexibility index (Phi) is 22.6. The number of benzene rings is 4. The van der Waals surface area contributed by atoms with Crippen molar-refractivity contribution in [3.05, 3.63) is 155 Å². The molecule has 1 atom stereocenters. The summed E-state index contributed by atoms with van der Waals surface area (Å²) >= 11 is 0. The molecule has 4 N–H and O–H groups in total. The van der Waals surface area contributed by atoms with Crippen molar-refractivity contribution >= 4 is 86.2 Å². The number of hydrogen-bond acceptors (Lipinski definition) is 18. The fourth-order valence-corrected chi connectivity index (χ4v) is 15.8. The number of alkyl halides is 2. The van der Waals surface area contributed by atoms with Crippen LogP contribution in [0.3, 0.4) is 0 Å². The Morgan fingerprint density at radius 3 is 2.10 bits per heavy atom. The number of ether oxygens (including phenoxy) is 2. The molecule has 5 heterocycles. The predicted molar refractivity (Wildman–Crippen MR) is 369 cm³/mol. The topological polar surface area (TPSA) is 355 Å². The molecule has 25 nitrogen and oxygen atoms in total. The lowest BCUT2D eigenvalue weighted by molar-refractivity contribution is -0.438. The van der Waals surface area contributed by atoms with Crippen molar-refractivity contribution in [1.82, 2.24) is 25.0 Å². The molecule has 10 rings (SSSR count). The molecular weight excluding hydrogens is 1390 g/mol.